The van der Waals surface area contributed by atoms with Gasteiger partial charge in [0, 0.05) is 16.5 Å². The van der Waals surface area contributed by atoms with E-state index in [-0.39, 0.29) is 0 Å². The van der Waals surface area contributed by atoms with Gasteiger partial charge >= 0.3 is 0 Å². The topological polar surface area (TPSA) is 35.2 Å². The maximum atomic E-state index is 5.80. The molecule has 0 bridgehead atoms. The summed E-state index contributed by atoms with van der Waals surface area (Å²) in [6, 6.07) is 1.94. The van der Waals surface area contributed by atoms with E-state index in [0.717, 1.165) is 28.9 Å². The lowest BCUT2D eigenvalue weighted by molar-refractivity contribution is 0.358. The summed E-state index contributed by atoms with van der Waals surface area (Å²) in [6.45, 7) is 2.79. The molecule has 3 heteroatoms. The Bertz CT molecular complexity index is 336. The van der Waals surface area contributed by atoms with Crippen molar-refractivity contribution in [1.29, 1.82) is 0 Å². The highest BCUT2D eigenvalue weighted by Crippen LogP contribution is 2.38. The van der Waals surface area contributed by atoms with Crippen LogP contribution in [0.4, 0.5) is 5.69 Å². The molecule has 1 aliphatic rings. The van der Waals surface area contributed by atoms with Gasteiger partial charge in [-0.15, -0.1) is 0 Å². The molecule has 1 aromatic rings. The number of rotatable bonds is 0. The number of ether oxygens (including phenoxy) is 1. The number of fused-ring (bicyclic) bond motifs is 1. The summed E-state index contributed by atoms with van der Waals surface area (Å²) < 4.78 is 6.55. The van der Waals surface area contributed by atoms with Gasteiger partial charge in [0.25, 0.3) is 0 Å². The molecule has 2 N–H and O–H groups in total. The molecule has 12 heavy (non-hydrogen) atoms. The Morgan fingerprint density at radius 2 is 2.33 bits per heavy atom. The first-order valence-electron chi connectivity index (χ1n) is 3.90. The average Bonchev–Trinajstić information content (AvgIpc) is 2.48. The standard InChI is InChI=1S/C9H10BrNO/c1-5-4-7(11)9-6(8(5)10)2-3-12-9/h4H,2-3,11H2,1H3. The Labute approximate surface area is 79.8 Å². The van der Waals surface area contributed by atoms with Crippen LogP contribution in [-0.2, 0) is 6.42 Å². The third-order valence-electron chi connectivity index (χ3n) is 2.12. The van der Waals surface area contributed by atoms with E-state index in [1.165, 1.54) is 11.1 Å². The van der Waals surface area contributed by atoms with Gasteiger partial charge in [0.15, 0.2) is 0 Å². The van der Waals surface area contributed by atoms with Gasteiger partial charge in [0.05, 0.1) is 12.3 Å². The van der Waals surface area contributed by atoms with Gasteiger partial charge in [0.2, 0.25) is 0 Å². The molecule has 0 radical (unpaired) electrons. The van der Waals surface area contributed by atoms with Crippen molar-refractivity contribution in [3.63, 3.8) is 0 Å². The van der Waals surface area contributed by atoms with E-state index >= 15 is 0 Å². The highest BCUT2D eigenvalue weighted by molar-refractivity contribution is 9.10. The van der Waals surface area contributed by atoms with E-state index in [4.69, 9.17) is 10.5 Å². The molecule has 0 fully saturated rings. The van der Waals surface area contributed by atoms with Crippen LogP contribution in [0.25, 0.3) is 0 Å². The maximum absolute atomic E-state index is 5.80. The number of halogens is 1. The van der Waals surface area contributed by atoms with Crippen molar-refractivity contribution < 1.29 is 4.74 Å². The van der Waals surface area contributed by atoms with E-state index in [1.807, 2.05) is 13.0 Å². The lowest BCUT2D eigenvalue weighted by Crippen LogP contribution is -1.93. The van der Waals surface area contributed by atoms with Crippen LogP contribution >= 0.6 is 15.9 Å². The first kappa shape index (κ1) is 7.92. The maximum Gasteiger partial charge on any atom is 0.146 e. The molecule has 64 valence electrons. The molecule has 0 atom stereocenters. The molecule has 1 aliphatic heterocycles. The first-order chi connectivity index (χ1) is 5.70. The lowest BCUT2D eigenvalue weighted by atomic mass is 10.1. The molecule has 2 nitrogen and oxygen atoms in total. The summed E-state index contributed by atoms with van der Waals surface area (Å²) in [7, 11) is 0. The zero-order chi connectivity index (χ0) is 8.72. The van der Waals surface area contributed by atoms with E-state index in [1.54, 1.807) is 0 Å². The molecule has 0 amide bonds. The number of nitrogens with two attached hydrogens (primary N) is 1. The van der Waals surface area contributed by atoms with Gasteiger partial charge in [-0.1, -0.05) is 15.9 Å². The van der Waals surface area contributed by atoms with Crippen molar-refractivity contribution in [3.05, 3.63) is 21.7 Å². The number of nitrogen functional groups attached to an aromatic ring is 1. The Morgan fingerprint density at radius 3 is 3.08 bits per heavy atom. The van der Waals surface area contributed by atoms with Crippen molar-refractivity contribution in [2.75, 3.05) is 12.3 Å². The average molecular weight is 228 g/mol. The quantitative estimate of drug-likeness (QED) is 0.691. The van der Waals surface area contributed by atoms with E-state index in [2.05, 4.69) is 15.9 Å². The van der Waals surface area contributed by atoms with Crippen molar-refractivity contribution >= 4 is 21.6 Å². The molecular weight excluding hydrogens is 218 g/mol. The van der Waals surface area contributed by atoms with Crippen LogP contribution in [0.5, 0.6) is 5.75 Å². The predicted octanol–water partition coefficient (Wildman–Crippen LogP) is 2.27. The summed E-state index contributed by atoms with van der Waals surface area (Å²) in [6.07, 6.45) is 0.960. The minimum absolute atomic E-state index is 0.752. The second-order valence-corrected chi connectivity index (χ2v) is 3.80. The molecule has 0 spiro atoms. The second-order valence-electron chi connectivity index (χ2n) is 3.00. The van der Waals surface area contributed by atoms with Crippen LogP contribution < -0.4 is 10.5 Å². The van der Waals surface area contributed by atoms with Crippen LogP contribution in [0, 0.1) is 6.92 Å². The molecule has 2 rings (SSSR count). The second kappa shape index (κ2) is 2.66. The number of hydrogen-bond acceptors (Lipinski definition) is 2. The summed E-state index contributed by atoms with van der Waals surface area (Å²) >= 11 is 3.53. The third-order valence-corrected chi connectivity index (χ3v) is 3.22. The Hall–Kier alpha value is -0.700. The number of anilines is 1. The largest absolute Gasteiger partial charge is 0.491 e. The van der Waals surface area contributed by atoms with Crippen molar-refractivity contribution in [1.82, 2.24) is 0 Å². The lowest BCUT2D eigenvalue weighted by Gasteiger charge is -2.07. The van der Waals surface area contributed by atoms with Crippen LogP contribution in [0.1, 0.15) is 11.1 Å². The summed E-state index contributed by atoms with van der Waals surface area (Å²) in [5.41, 5.74) is 8.94. The van der Waals surface area contributed by atoms with Crippen LogP contribution in [0.2, 0.25) is 0 Å². The van der Waals surface area contributed by atoms with Gasteiger partial charge in [-0.2, -0.15) is 0 Å². The van der Waals surface area contributed by atoms with Gasteiger partial charge in [-0.3, -0.25) is 0 Å². The smallest absolute Gasteiger partial charge is 0.146 e. The van der Waals surface area contributed by atoms with E-state index in [0.29, 0.717) is 0 Å². The number of benzene rings is 1. The Kier molecular flexibility index (Phi) is 1.76. The molecule has 0 aromatic heterocycles. The Balaban J connectivity index is 2.69. The van der Waals surface area contributed by atoms with E-state index < -0.39 is 0 Å². The fraction of sp³-hybridized carbons (Fsp3) is 0.333. The summed E-state index contributed by atoms with van der Waals surface area (Å²) in [4.78, 5) is 0. The van der Waals surface area contributed by atoms with Gasteiger partial charge in [-0.25, -0.2) is 0 Å². The Morgan fingerprint density at radius 1 is 1.58 bits per heavy atom. The molecule has 0 unspecified atom stereocenters. The summed E-state index contributed by atoms with van der Waals surface area (Å²) in [5, 5.41) is 0. The predicted molar refractivity (Wildman–Crippen MR) is 52.5 cm³/mol. The fourth-order valence-corrected chi connectivity index (χ4v) is 2.02. The monoisotopic (exact) mass is 227 g/mol. The molecule has 1 aromatic carbocycles. The van der Waals surface area contributed by atoms with Crippen LogP contribution in [0.15, 0.2) is 10.5 Å². The molecule has 1 heterocycles. The van der Waals surface area contributed by atoms with Crippen LogP contribution in [0.3, 0.4) is 0 Å². The van der Waals surface area contributed by atoms with Gasteiger partial charge in [0.1, 0.15) is 5.75 Å². The third kappa shape index (κ3) is 1.00. The molecule has 0 saturated carbocycles. The van der Waals surface area contributed by atoms with Crippen LogP contribution in [-0.4, -0.2) is 6.61 Å². The van der Waals surface area contributed by atoms with Crippen molar-refractivity contribution in [3.8, 4) is 5.75 Å². The van der Waals surface area contributed by atoms with Crippen molar-refractivity contribution in [2.45, 2.75) is 13.3 Å². The van der Waals surface area contributed by atoms with E-state index in [9.17, 15) is 0 Å². The zero-order valence-electron chi connectivity index (χ0n) is 6.86. The highest BCUT2D eigenvalue weighted by Gasteiger charge is 2.19. The van der Waals surface area contributed by atoms with Gasteiger partial charge in [-0.05, 0) is 18.6 Å². The highest BCUT2D eigenvalue weighted by atomic mass is 79.9. The minimum atomic E-state index is 0.752. The zero-order valence-corrected chi connectivity index (χ0v) is 8.44. The fourth-order valence-electron chi connectivity index (χ4n) is 1.52. The van der Waals surface area contributed by atoms with Gasteiger partial charge < -0.3 is 10.5 Å². The molecule has 0 saturated heterocycles. The summed E-state index contributed by atoms with van der Waals surface area (Å²) in [5.74, 6) is 0.868. The molecular formula is C9H10BrNO. The first-order valence-corrected chi connectivity index (χ1v) is 4.69. The normalized spacial score (nSPS) is 14.2. The number of hydrogen-bond donors (Lipinski definition) is 1. The minimum Gasteiger partial charge on any atom is -0.491 e. The van der Waals surface area contributed by atoms with Crippen molar-refractivity contribution in [2.24, 2.45) is 0 Å². The number of aryl methyl sites for hydroxylation is 1. The molecule has 0 aliphatic carbocycles. The SMILES string of the molecule is Cc1cc(N)c2c(c1Br)CCO2.